The predicted octanol–water partition coefficient (Wildman–Crippen LogP) is 4.85. The van der Waals surface area contributed by atoms with E-state index >= 15 is 0 Å². The van der Waals surface area contributed by atoms with Gasteiger partial charge in [-0.05, 0) is 22.7 Å². The number of allylic oxidation sites excluding steroid dienone is 1. The predicted molar refractivity (Wildman–Crippen MR) is 85.7 cm³/mol. The Morgan fingerprint density at radius 3 is 2.79 bits per heavy atom. The Hall–Kier alpha value is -0.550. The number of thioether (sulfide) groups is 1. The van der Waals surface area contributed by atoms with Gasteiger partial charge < -0.3 is 4.98 Å². The molecule has 0 radical (unpaired) electrons. The number of nitrogens with zero attached hydrogens (tertiary/aromatic N) is 1. The Bertz CT molecular complexity index is 445. The van der Waals surface area contributed by atoms with E-state index < -0.39 is 0 Å². The summed E-state index contributed by atoms with van der Waals surface area (Å²) in [5, 5.41) is 0.657. The highest BCUT2D eigenvalue weighted by Gasteiger charge is 2.03. The summed E-state index contributed by atoms with van der Waals surface area (Å²) in [7, 11) is 0. The minimum absolute atomic E-state index is 0.106. The monoisotopic (exact) mass is 344 g/mol. The first kappa shape index (κ1) is 16.5. The van der Waals surface area contributed by atoms with Gasteiger partial charge in [0.15, 0.2) is 5.16 Å². The molecular weight excluding hydrogens is 324 g/mol. The maximum atomic E-state index is 11.2. The Labute approximate surface area is 127 Å². The van der Waals surface area contributed by atoms with Crippen LogP contribution in [-0.4, -0.2) is 9.97 Å². The molecule has 0 saturated heterocycles. The van der Waals surface area contributed by atoms with Crippen LogP contribution in [-0.2, 0) is 0 Å². The SMILES string of the molecule is CCCCCCCC/C(=C/Br)Sc1nccc(=O)[nH]1. The van der Waals surface area contributed by atoms with Gasteiger partial charge in [-0.2, -0.15) is 0 Å². The molecule has 1 N–H and O–H groups in total. The molecule has 0 atom stereocenters. The summed E-state index contributed by atoms with van der Waals surface area (Å²) >= 11 is 4.90. The van der Waals surface area contributed by atoms with Gasteiger partial charge in [0.25, 0.3) is 5.56 Å². The van der Waals surface area contributed by atoms with Crippen LogP contribution in [0.4, 0.5) is 0 Å². The molecule has 0 aliphatic carbocycles. The fourth-order valence-electron chi connectivity index (χ4n) is 1.74. The van der Waals surface area contributed by atoms with Gasteiger partial charge in [-0.3, -0.25) is 4.79 Å². The average Bonchev–Trinajstić information content (AvgIpc) is 2.41. The van der Waals surface area contributed by atoms with Gasteiger partial charge >= 0.3 is 0 Å². The van der Waals surface area contributed by atoms with Crippen LogP contribution in [0.3, 0.4) is 0 Å². The first-order valence-electron chi connectivity index (χ1n) is 6.78. The van der Waals surface area contributed by atoms with Crippen LogP contribution < -0.4 is 5.56 Å². The van der Waals surface area contributed by atoms with E-state index in [-0.39, 0.29) is 5.56 Å². The van der Waals surface area contributed by atoms with E-state index in [0.29, 0.717) is 5.16 Å². The molecule has 0 amide bonds. The second-order valence-electron chi connectivity index (χ2n) is 4.43. The van der Waals surface area contributed by atoms with E-state index in [1.165, 1.54) is 67.5 Å². The summed E-state index contributed by atoms with van der Waals surface area (Å²) in [5.74, 6) is 0. The Morgan fingerprint density at radius 2 is 2.11 bits per heavy atom. The lowest BCUT2D eigenvalue weighted by Gasteiger charge is -2.05. The number of aromatic nitrogens is 2. The van der Waals surface area contributed by atoms with Crippen LogP contribution in [0.5, 0.6) is 0 Å². The highest BCUT2D eigenvalue weighted by Crippen LogP contribution is 2.28. The van der Waals surface area contributed by atoms with Crippen molar-refractivity contribution in [3.05, 3.63) is 32.5 Å². The first-order valence-corrected chi connectivity index (χ1v) is 8.52. The van der Waals surface area contributed by atoms with E-state index in [0.717, 1.165) is 6.42 Å². The van der Waals surface area contributed by atoms with E-state index in [1.54, 1.807) is 0 Å². The Kier molecular flexibility index (Phi) is 8.91. The molecule has 0 bridgehead atoms. The molecule has 19 heavy (non-hydrogen) atoms. The summed E-state index contributed by atoms with van der Waals surface area (Å²) in [5.41, 5.74) is -0.106. The van der Waals surface area contributed by atoms with Crippen molar-refractivity contribution in [2.45, 2.75) is 57.0 Å². The zero-order valence-electron chi connectivity index (χ0n) is 11.3. The van der Waals surface area contributed by atoms with Gasteiger partial charge in [0.1, 0.15) is 0 Å². The van der Waals surface area contributed by atoms with Crippen LogP contribution in [0, 0.1) is 0 Å². The Morgan fingerprint density at radius 1 is 1.37 bits per heavy atom. The lowest BCUT2D eigenvalue weighted by atomic mass is 10.1. The number of halogens is 1. The summed E-state index contributed by atoms with van der Waals surface area (Å²) in [6.45, 7) is 2.23. The number of hydrogen-bond acceptors (Lipinski definition) is 3. The minimum Gasteiger partial charge on any atom is -0.301 e. The molecule has 0 aliphatic rings. The molecule has 0 spiro atoms. The zero-order chi connectivity index (χ0) is 13.9. The zero-order valence-corrected chi connectivity index (χ0v) is 13.7. The van der Waals surface area contributed by atoms with Gasteiger partial charge in [-0.25, -0.2) is 4.98 Å². The second kappa shape index (κ2) is 10.3. The fraction of sp³-hybridized carbons (Fsp3) is 0.571. The maximum absolute atomic E-state index is 11.2. The highest BCUT2D eigenvalue weighted by atomic mass is 79.9. The third kappa shape index (κ3) is 7.57. The molecule has 0 aliphatic heterocycles. The normalized spacial score (nSPS) is 11.8. The lowest BCUT2D eigenvalue weighted by Crippen LogP contribution is -2.05. The van der Waals surface area contributed by atoms with Crippen molar-refractivity contribution < 1.29 is 0 Å². The number of rotatable bonds is 9. The molecule has 1 heterocycles. The van der Waals surface area contributed by atoms with Gasteiger partial charge in [-0.15, -0.1) is 0 Å². The van der Waals surface area contributed by atoms with Crippen molar-refractivity contribution in [3.8, 4) is 0 Å². The molecule has 0 saturated carbocycles. The number of unbranched alkanes of at least 4 members (excludes halogenated alkanes) is 5. The summed E-state index contributed by atoms with van der Waals surface area (Å²) in [6, 6.07) is 1.43. The van der Waals surface area contributed by atoms with Crippen molar-refractivity contribution in [2.75, 3.05) is 0 Å². The second-order valence-corrected chi connectivity index (χ2v) is 6.01. The van der Waals surface area contributed by atoms with Crippen molar-refractivity contribution in [3.63, 3.8) is 0 Å². The van der Waals surface area contributed by atoms with Crippen molar-refractivity contribution in [1.29, 1.82) is 0 Å². The smallest absolute Gasteiger partial charge is 0.251 e. The Balaban J connectivity index is 2.29. The van der Waals surface area contributed by atoms with E-state index in [4.69, 9.17) is 0 Å². The van der Waals surface area contributed by atoms with Crippen molar-refractivity contribution >= 4 is 27.7 Å². The molecule has 0 unspecified atom stereocenters. The van der Waals surface area contributed by atoms with Crippen LogP contribution in [0.25, 0.3) is 0 Å². The molecule has 0 fully saturated rings. The van der Waals surface area contributed by atoms with Crippen LogP contribution in [0.15, 0.2) is 32.1 Å². The third-order valence-corrected chi connectivity index (χ3v) is 4.61. The molecule has 5 heteroatoms. The molecule has 0 aromatic carbocycles. The third-order valence-electron chi connectivity index (χ3n) is 2.77. The van der Waals surface area contributed by atoms with E-state index in [9.17, 15) is 4.79 Å². The number of hydrogen-bond donors (Lipinski definition) is 1. The van der Waals surface area contributed by atoms with Crippen molar-refractivity contribution in [2.24, 2.45) is 0 Å². The standard InChI is InChI=1S/C14H21BrN2OS/c1-2-3-4-5-6-7-8-12(11-15)19-14-16-10-9-13(18)17-14/h9-11H,2-8H2,1H3,(H,16,17,18)/b12-11-. The number of aromatic amines is 1. The number of H-pyrrole nitrogens is 1. The van der Waals surface area contributed by atoms with Gasteiger partial charge in [0.05, 0.1) is 0 Å². The average molecular weight is 345 g/mol. The van der Waals surface area contributed by atoms with E-state index in [1.807, 2.05) is 4.99 Å². The summed E-state index contributed by atoms with van der Waals surface area (Å²) in [4.78, 5) is 21.2. The largest absolute Gasteiger partial charge is 0.301 e. The number of nitrogens with one attached hydrogen (secondary N) is 1. The van der Waals surface area contributed by atoms with Gasteiger partial charge in [-0.1, -0.05) is 66.7 Å². The molecule has 3 nitrogen and oxygen atoms in total. The van der Waals surface area contributed by atoms with Crippen LogP contribution in [0.1, 0.15) is 51.9 Å². The highest BCUT2D eigenvalue weighted by molar-refractivity contribution is 9.11. The summed E-state index contributed by atoms with van der Waals surface area (Å²) < 4.78 is 0. The molecular formula is C14H21BrN2OS. The van der Waals surface area contributed by atoms with Gasteiger partial charge in [0.2, 0.25) is 0 Å². The van der Waals surface area contributed by atoms with Crippen LogP contribution >= 0.6 is 27.7 Å². The topological polar surface area (TPSA) is 45.8 Å². The van der Waals surface area contributed by atoms with Crippen molar-refractivity contribution in [1.82, 2.24) is 9.97 Å². The first-order chi connectivity index (χ1) is 9.26. The molecule has 1 aromatic rings. The van der Waals surface area contributed by atoms with Crippen LogP contribution in [0.2, 0.25) is 0 Å². The summed E-state index contributed by atoms with van der Waals surface area (Å²) in [6.07, 6.45) is 10.3. The van der Waals surface area contributed by atoms with Gasteiger partial charge in [0, 0.05) is 12.3 Å². The fourth-order valence-corrected chi connectivity index (χ4v) is 3.05. The maximum Gasteiger partial charge on any atom is 0.251 e. The molecule has 1 aromatic heterocycles. The molecule has 106 valence electrons. The lowest BCUT2D eigenvalue weighted by molar-refractivity contribution is 0.610. The minimum atomic E-state index is -0.106. The quantitative estimate of drug-likeness (QED) is 0.395. The molecule has 1 rings (SSSR count). The van der Waals surface area contributed by atoms with E-state index in [2.05, 4.69) is 32.8 Å².